The molecule has 0 aromatic heterocycles. The second-order valence-corrected chi connectivity index (χ2v) is 8.37. The topological polar surface area (TPSA) is 88.2 Å². The number of carbonyl (C=O) groups excluding carboxylic acids is 3. The largest absolute Gasteiger partial charge is 0.383 e. The predicted molar refractivity (Wildman–Crippen MR) is 122 cm³/mol. The summed E-state index contributed by atoms with van der Waals surface area (Å²) in [4.78, 5) is 42.4. The lowest BCUT2D eigenvalue weighted by Crippen LogP contribution is -2.60. The van der Waals surface area contributed by atoms with E-state index in [0.717, 1.165) is 0 Å². The van der Waals surface area contributed by atoms with Gasteiger partial charge in [0.05, 0.1) is 18.8 Å². The molecule has 3 amide bonds. The minimum Gasteiger partial charge on any atom is -0.383 e. The molecule has 2 fully saturated rings. The average molecular weight is 470 g/mol. The van der Waals surface area contributed by atoms with Crippen LogP contribution in [0.4, 0.5) is 4.39 Å². The summed E-state index contributed by atoms with van der Waals surface area (Å²) in [7, 11) is 1.54. The van der Waals surface area contributed by atoms with Crippen molar-refractivity contribution in [2.45, 2.75) is 24.6 Å². The molecule has 0 aliphatic carbocycles. The molecule has 0 saturated carbocycles. The normalized spacial score (nSPS) is 19.3. The third-order valence-corrected chi connectivity index (χ3v) is 6.34. The quantitative estimate of drug-likeness (QED) is 0.655. The highest BCUT2D eigenvalue weighted by molar-refractivity contribution is 5.98. The van der Waals surface area contributed by atoms with Gasteiger partial charge in [0.25, 0.3) is 11.8 Å². The van der Waals surface area contributed by atoms with E-state index in [0.29, 0.717) is 31.6 Å². The number of methoxy groups -OCH3 is 1. The van der Waals surface area contributed by atoms with Gasteiger partial charge in [-0.3, -0.25) is 19.3 Å². The van der Waals surface area contributed by atoms with Crippen molar-refractivity contribution in [3.05, 3.63) is 71.5 Å². The maximum Gasteiger partial charge on any atom is 0.256 e. The number of carbonyl (C=O) groups is 3. The molecule has 1 atom stereocenters. The van der Waals surface area contributed by atoms with Gasteiger partial charge in [-0.15, -0.1) is 0 Å². The minimum atomic E-state index is -1.03. The monoisotopic (exact) mass is 469 g/mol. The van der Waals surface area contributed by atoms with E-state index in [2.05, 4.69) is 5.32 Å². The van der Waals surface area contributed by atoms with Crippen molar-refractivity contribution in [1.29, 1.82) is 0 Å². The van der Waals surface area contributed by atoms with Crippen LogP contribution in [0.5, 0.6) is 0 Å². The number of nitrogens with zero attached hydrogens (tertiary/aromatic N) is 2. The van der Waals surface area contributed by atoms with Crippen LogP contribution in [0.3, 0.4) is 0 Å². The number of nitrogens with one attached hydrogen (secondary N) is 1. The van der Waals surface area contributed by atoms with Crippen molar-refractivity contribution in [1.82, 2.24) is 15.1 Å². The van der Waals surface area contributed by atoms with Gasteiger partial charge in [0.15, 0.2) is 0 Å². The Labute approximate surface area is 197 Å². The number of ether oxygens (including phenoxy) is 2. The standard InChI is InChI=1S/C25H28FN3O5/c1-33-16-13-27-22(30)21-17-34-25(29(21)23(31)18-7-3-2-4-8-18)11-14-28(15-12-25)24(32)19-9-5-6-10-20(19)26/h2-10,21H,11-17H2,1H3,(H,27,30). The van der Waals surface area contributed by atoms with Crippen LogP contribution in [-0.4, -0.2) is 79.2 Å². The maximum atomic E-state index is 14.1. The number of hydrogen-bond acceptors (Lipinski definition) is 5. The van der Waals surface area contributed by atoms with Crippen LogP contribution < -0.4 is 5.32 Å². The number of hydrogen-bond donors (Lipinski definition) is 1. The van der Waals surface area contributed by atoms with Crippen LogP contribution in [0.1, 0.15) is 33.6 Å². The fourth-order valence-corrected chi connectivity index (χ4v) is 4.55. The van der Waals surface area contributed by atoms with Crippen LogP contribution >= 0.6 is 0 Å². The summed E-state index contributed by atoms with van der Waals surface area (Å²) < 4.78 is 25.3. The van der Waals surface area contributed by atoms with Gasteiger partial charge in [-0.1, -0.05) is 30.3 Å². The molecule has 0 bridgehead atoms. The molecule has 2 saturated heterocycles. The van der Waals surface area contributed by atoms with E-state index >= 15 is 0 Å². The fraction of sp³-hybridized carbons (Fsp3) is 0.400. The number of rotatable bonds is 6. The summed E-state index contributed by atoms with van der Waals surface area (Å²) in [5, 5.41) is 2.79. The van der Waals surface area contributed by atoms with Gasteiger partial charge < -0.3 is 19.7 Å². The average Bonchev–Trinajstić information content (AvgIpc) is 3.23. The number of amides is 3. The van der Waals surface area contributed by atoms with Crippen LogP contribution in [0, 0.1) is 5.82 Å². The number of benzene rings is 2. The molecular formula is C25H28FN3O5. The maximum absolute atomic E-state index is 14.1. The van der Waals surface area contributed by atoms with E-state index in [4.69, 9.17) is 9.47 Å². The van der Waals surface area contributed by atoms with Crippen molar-refractivity contribution in [2.75, 3.05) is 40.0 Å². The van der Waals surface area contributed by atoms with Crippen molar-refractivity contribution in [2.24, 2.45) is 0 Å². The number of halogens is 1. The van der Waals surface area contributed by atoms with E-state index in [1.807, 2.05) is 6.07 Å². The third kappa shape index (κ3) is 4.67. The Morgan fingerprint density at radius 1 is 1.06 bits per heavy atom. The zero-order chi connectivity index (χ0) is 24.1. The Morgan fingerprint density at radius 3 is 2.41 bits per heavy atom. The number of piperidine rings is 1. The van der Waals surface area contributed by atoms with E-state index in [1.54, 1.807) is 42.3 Å². The first-order chi connectivity index (χ1) is 16.5. The van der Waals surface area contributed by atoms with E-state index in [9.17, 15) is 18.8 Å². The highest BCUT2D eigenvalue weighted by atomic mass is 19.1. The predicted octanol–water partition coefficient (Wildman–Crippen LogP) is 2.06. The van der Waals surface area contributed by atoms with Gasteiger partial charge >= 0.3 is 0 Å². The Hall–Kier alpha value is -3.30. The van der Waals surface area contributed by atoms with Crippen molar-refractivity contribution >= 4 is 17.7 Å². The summed E-state index contributed by atoms with van der Waals surface area (Å²) in [6.07, 6.45) is 0.626. The fourth-order valence-electron chi connectivity index (χ4n) is 4.55. The molecule has 8 nitrogen and oxygen atoms in total. The second-order valence-electron chi connectivity index (χ2n) is 8.37. The van der Waals surface area contributed by atoms with Gasteiger partial charge in [-0.2, -0.15) is 0 Å². The van der Waals surface area contributed by atoms with Gasteiger partial charge in [-0.05, 0) is 24.3 Å². The Morgan fingerprint density at radius 2 is 1.74 bits per heavy atom. The molecule has 4 rings (SSSR count). The van der Waals surface area contributed by atoms with Crippen molar-refractivity contribution in [3.63, 3.8) is 0 Å². The highest BCUT2D eigenvalue weighted by Gasteiger charge is 2.54. The molecule has 2 aliphatic heterocycles. The molecule has 1 spiro atoms. The third-order valence-electron chi connectivity index (χ3n) is 6.34. The molecule has 0 radical (unpaired) electrons. The molecule has 9 heteroatoms. The first-order valence-electron chi connectivity index (χ1n) is 11.3. The lowest BCUT2D eigenvalue weighted by Gasteiger charge is -2.44. The molecule has 2 aromatic rings. The summed E-state index contributed by atoms with van der Waals surface area (Å²) in [6, 6.07) is 13.8. The van der Waals surface area contributed by atoms with Gasteiger partial charge in [0.2, 0.25) is 5.91 Å². The molecule has 34 heavy (non-hydrogen) atoms. The molecule has 1 unspecified atom stereocenters. The molecule has 2 heterocycles. The number of likely N-dealkylation sites (tertiary alicyclic amines) is 1. The molecule has 180 valence electrons. The zero-order valence-corrected chi connectivity index (χ0v) is 19.0. The van der Waals surface area contributed by atoms with Crippen LogP contribution in [0.15, 0.2) is 54.6 Å². The zero-order valence-electron chi connectivity index (χ0n) is 19.0. The van der Waals surface area contributed by atoms with Crippen LogP contribution in [0.25, 0.3) is 0 Å². The van der Waals surface area contributed by atoms with Crippen LogP contribution in [0.2, 0.25) is 0 Å². The first-order valence-corrected chi connectivity index (χ1v) is 11.3. The van der Waals surface area contributed by atoms with Crippen molar-refractivity contribution < 1.29 is 28.2 Å². The van der Waals surface area contributed by atoms with Gasteiger partial charge in [0, 0.05) is 45.1 Å². The second kappa shape index (κ2) is 10.3. The Kier molecular flexibility index (Phi) is 7.23. The molecular weight excluding hydrogens is 441 g/mol. The lowest BCUT2D eigenvalue weighted by atomic mass is 9.96. The van der Waals surface area contributed by atoms with E-state index in [1.165, 1.54) is 23.1 Å². The Bertz CT molecular complexity index is 1040. The van der Waals surface area contributed by atoms with Gasteiger partial charge in [0.1, 0.15) is 17.6 Å². The molecule has 2 aromatic carbocycles. The summed E-state index contributed by atoms with van der Waals surface area (Å²) >= 11 is 0. The molecule has 2 aliphatic rings. The highest BCUT2D eigenvalue weighted by Crippen LogP contribution is 2.38. The summed E-state index contributed by atoms with van der Waals surface area (Å²) in [6.45, 7) is 1.26. The smallest absolute Gasteiger partial charge is 0.256 e. The summed E-state index contributed by atoms with van der Waals surface area (Å²) in [5.74, 6) is -1.60. The lowest BCUT2D eigenvalue weighted by molar-refractivity contribution is -0.128. The molecule has 1 N–H and O–H groups in total. The SMILES string of the molecule is COCCNC(=O)C1COC2(CCN(C(=O)c3ccccc3F)CC2)N1C(=O)c1ccccc1. The van der Waals surface area contributed by atoms with Crippen LogP contribution in [-0.2, 0) is 14.3 Å². The summed E-state index contributed by atoms with van der Waals surface area (Å²) in [5.41, 5.74) is -0.562. The Balaban J connectivity index is 1.55. The van der Waals surface area contributed by atoms with E-state index < -0.39 is 23.5 Å². The van der Waals surface area contributed by atoms with Gasteiger partial charge in [-0.25, -0.2) is 4.39 Å². The van der Waals surface area contributed by atoms with E-state index in [-0.39, 0.29) is 37.1 Å². The first kappa shape index (κ1) is 23.8. The minimum absolute atomic E-state index is 0.0124. The van der Waals surface area contributed by atoms with Crippen molar-refractivity contribution in [3.8, 4) is 0 Å².